The molecule has 0 aliphatic rings. The summed E-state index contributed by atoms with van der Waals surface area (Å²) in [6.07, 6.45) is 6.69. The van der Waals surface area contributed by atoms with Crippen molar-refractivity contribution in [2.24, 2.45) is 0 Å². The van der Waals surface area contributed by atoms with Crippen molar-refractivity contribution in [1.29, 1.82) is 0 Å². The first-order valence-corrected chi connectivity index (χ1v) is 5.28. The van der Waals surface area contributed by atoms with Gasteiger partial charge in [-0.3, -0.25) is 0 Å². The molecule has 1 atom stereocenters. The molecule has 0 aromatic carbocycles. The third kappa shape index (κ3) is 5.32. The van der Waals surface area contributed by atoms with Crippen LogP contribution in [-0.4, -0.2) is 39.7 Å². The Morgan fingerprint density at radius 2 is 2.60 bits per heavy atom. The predicted molar refractivity (Wildman–Crippen MR) is 57.7 cm³/mol. The van der Waals surface area contributed by atoms with Gasteiger partial charge in [0.15, 0.2) is 0 Å². The molecule has 0 saturated heterocycles. The number of nitrogens with one attached hydrogen (secondary N) is 1. The lowest BCUT2D eigenvalue weighted by atomic mass is 10.3. The normalized spacial score (nSPS) is 12.0. The molecule has 0 aliphatic carbocycles. The molecule has 2 N–H and O–H groups in total. The molecule has 0 amide bonds. The Labute approximate surface area is 92.8 Å². The smallest absolute Gasteiger partial charge is 0.245 e. The lowest BCUT2D eigenvalue weighted by Crippen LogP contribution is -2.31. The van der Waals surface area contributed by atoms with E-state index in [0.29, 0.717) is 25.4 Å². The molecule has 1 rings (SSSR count). The first kappa shape index (κ1) is 11.9. The van der Waals surface area contributed by atoms with Crippen LogP contribution in [0, 0.1) is 12.3 Å². The molecule has 0 aliphatic heterocycles. The predicted octanol–water partition coefficient (Wildman–Crippen LogP) is -0.109. The zero-order valence-corrected chi connectivity index (χ0v) is 9.04. The maximum atomic E-state index is 9.46. The molecule has 1 aromatic rings. The fraction of sp³-hybridized carbons (Fsp3) is 0.556. The molecule has 82 valence electrons. The van der Waals surface area contributed by atoms with E-state index in [2.05, 4.69) is 20.0 Å². The summed E-state index contributed by atoms with van der Waals surface area (Å²) in [4.78, 5) is 0. The van der Waals surface area contributed by atoms with Gasteiger partial charge in [-0.1, -0.05) is 0 Å². The van der Waals surface area contributed by atoms with E-state index in [1.54, 1.807) is 0 Å². The van der Waals surface area contributed by atoms with Crippen LogP contribution in [0.4, 0.5) is 0 Å². The van der Waals surface area contributed by atoms with Gasteiger partial charge in [-0.15, -0.1) is 16.7 Å². The molecule has 15 heavy (non-hydrogen) atoms. The number of aliphatic hydroxyl groups excluding tert-OH is 1. The van der Waals surface area contributed by atoms with Gasteiger partial charge in [0.05, 0.1) is 11.7 Å². The van der Waals surface area contributed by atoms with Crippen molar-refractivity contribution in [1.82, 2.24) is 14.1 Å². The zero-order valence-electron chi connectivity index (χ0n) is 8.22. The average molecular weight is 227 g/mol. The largest absolute Gasteiger partial charge is 0.473 e. The Hall–Kier alpha value is -1.16. The number of terminal acetylenes is 1. The van der Waals surface area contributed by atoms with Crippen LogP contribution in [0.3, 0.4) is 0 Å². The number of hydrogen-bond acceptors (Lipinski definition) is 6. The van der Waals surface area contributed by atoms with Crippen LogP contribution in [0.2, 0.25) is 0 Å². The lowest BCUT2D eigenvalue weighted by Gasteiger charge is -2.10. The molecular weight excluding hydrogens is 214 g/mol. The Balaban J connectivity index is 2.04. The number of hydrogen-bond donors (Lipinski definition) is 2. The van der Waals surface area contributed by atoms with Crippen LogP contribution < -0.4 is 10.1 Å². The van der Waals surface area contributed by atoms with Crippen LogP contribution in [0.5, 0.6) is 5.88 Å². The molecule has 0 fully saturated rings. The summed E-state index contributed by atoms with van der Waals surface area (Å²) in [6.45, 7) is 1.36. The van der Waals surface area contributed by atoms with E-state index >= 15 is 0 Å². The number of aromatic nitrogens is 2. The van der Waals surface area contributed by atoms with Crippen LogP contribution in [0.25, 0.3) is 0 Å². The Kier molecular flexibility index (Phi) is 5.70. The minimum absolute atomic E-state index is 0.203. The molecule has 6 heteroatoms. The van der Waals surface area contributed by atoms with Crippen LogP contribution >= 0.6 is 11.7 Å². The van der Waals surface area contributed by atoms with Gasteiger partial charge in [-0.2, -0.15) is 4.37 Å². The number of nitrogens with zero attached hydrogens (tertiary/aromatic N) is 2. The maximum Gasteiger partial charge on any atom is 0.245 e. The van der Waals surface area contributed by atoms with Gasteiger partial charge in [-0.25, -0.2) is 0 Å². The van der Waals surface area contributed by atoms with Gasteiger partial charge >= 0.3 is 0 Å². The Morgan fingerprint density at radius 3 is 3.27 bits per heavy atom. The number of rotatable bonds is 7. The molecule has 5 nitrogen and oxygen atoms in total. The van der Waals surface area contributed by atoms with Crippen LogP contribution in [-0.2, 0) is 0 Å². The SMILES string of the molecule is C#CCCNCC(O)COc1cnsn1. The molecule has 1 aromatic heterocycles. The van der Waals surface area contributed by atoms with Crippen LogP contribution in [0.1, 0.15) is 6.42 Å². The lowest BCUT2D eigenvalue weighted by molar-refractivity contribution is 0.105. The molecule has 1 unspecified atom stereocenters. The topological polar surface area (TPSA) is 67.3 Å². The van der Waals surface area contributed by atoms with Gasteiger partial charge in [0.2, 0.25) is 5.88 Å². The number of aliphatic hydroxyl groups is 1. The van der Waals surface area contributed by atoms with E-state index in [1.807, 2.05) is 0 Å². The minimum Gasteiger partial charge on any atom is -0.473 e. The molecule has 0 radical (unpaired) electrons. The molecule has 0 bridgehead atoms. The summed E-state index contributed by atoms with van der Waals surface area (Å²) in [6, 6.07) is 0. The van der Waals surface area contributed by atoms with Crippen molar-refractivity contribution in [3.63, 3.8) is 0 Å². The monoisotopic (exact) mass is 227 g/mol. The fourth-order valence-corrected chi connectivity index (χ4v) is 1.25. The average Bonchev–Trinajstić information content (AvgIpc) is 2.74. The fourth-order valence-electron chi connectivity index (χ4n) is 0.889. The first-order valence-electron chi connectivity index (χ1n) is 4.55. The van der Waals surface area contributed by atoms with Crippen LogP contribution in [0.15, 0.2) is 6.20 Å². The third-order valence-corrected chi connectivity index (χ3v) is 2.05. The van der Waals surface area contributed by atoms with Gasteiger partial charge in [0.1, 0.15) is 18.9 Å². The summed E-state index contributed by atoms with van der Waals surface area (Å²) in [5, 5.41) is 12.5. The quantitative estimate of drug-likeness (QED) is 0.502. The highest BCUT2D eigenvalue weighted by molar-refractivity contribution is 6.99. The summed E-state index contributed by atoms with van der Waals surface area (Å²) >= 11 is 1.07. The van der Waals surface area contributed by atoms with E-state index < -0.39 is 6.10 Å². The van der Waals surface area contributed by atoms with Crippen molar-refractivity contribution in [3.8, 4) is 18.2 Å². The zero-order chi connectivity index (χ0) is 10.9. The second-order valence-electron chi connectivity index (χ2n) is 2.87. The number of ether oxygens (including phenoxy) is 1. The Morgan fingerprint density at radius 1 is 1.73 bits per heavy atom. The van der Waals surface area contributed by atoms with E-state index in [9.17, 15) is 5.11 Å². The van der Waals surface area contributed by atoms with Crippen molar-refractivity contribution >= 4 is 11.7 Å². The third-order valence-electron chi connectivity index (χ3n) is 1.59. The summed E-state index contributed by atoms with van der Waals surface area (Å²) in [7, 11) is 0. The van der Waals surface area contributed by atoms with Crippen molar-refractivity contribution < 1.29 is 9.84 Å². The van der Waals surface area contributed by atoms with Gasteiger partial charge in [-0.05, 0) is 0 Å². The van der Waals surface area contributed by atoms with E-state index in [-0.39, 0.29) is 6.61 Å². The van der Waals surface area contributed by atoms with Gasteiger partial charge in [0, 0.05) is 19.5 Å². The standard InChI is InChI=1S/C9H13N3O2S/c1-2-3-4-10-5-8(13)7-14-9-6-11-15-12-9/h1,6,8,10,13H,3-5,7H2. The van der Waals surface area contributed by atoms with Crippen molar-refractivity contribution in [2.45, 2.75) is 12.5 Å². The second-order valence-corrected chi connectivity index (χ2v) is 3.43. The molecular formula is C9H13N3O2S. The van der Waals surface area contributed by atoms with E-state index in [4.69, 9.17) is 11.2 Å². The maximum absolute atomic E-state index is 9.46. The summed E-state index contributed by atoms with van der Waals surface area (Å²) in [5.74, 6) is 2.95. The van der Waals surface area contributed by atoms with Gasteiger partial charge in [0.25, 0.3) is 0 Å². The highest BCUT2D eigenvalue weighted by Gasteiger charge is 2.05. The molecule has 0 spiro atoms. The second kappa shape index (κ2) is 7.17. The Bertz CT molecular complexity index is 297. The van der Waals surface area contributed by atoms with E-state index in [1.165, 1.54) is 6.20 Å². The highest BCUT2D eigenvalue weighted by Crippen LogP contribution is 2.04. The van der Waals surface area contributed by atoms with Crippen molar-refractivity contribution in [2.75, 3.05) is 19.7 Å². The van der Waals surface area contributed by atoms with E-state index in [0.717, 1.165) is 11.7 Å². The first-order chi connectivity index (χ1) is 7.33. The molecule has 0 saturated carbocycles. The highest BCUT2D eigenvalue weighted by atomic mass is 32.1. The molecule has 1 heterocycles. The van der Waals surface area contributed by atoms with Gasteiger partial charge < -0.3 is 15.2 Å². The minimum atomic E-state index is -0.565. The van der Waals surface area contributed by atoms with Crippen molar-refractivity contribution in [3.05, 3.63) is 6.20 Å². The summed E-state index contributed by atoms with van der Waals surface area (Å²) < 4.78 is 12.8. The summed E-state index contributed by atoms with van der Waals surface area (Å²) in [5.41, 5.74) is 0.